The van der Waals surface area contributed by atoms with Gasteiger partial charge in [-0.2, -0.15) is 0 Å². The van der Waals surface area contributed by atoms with Gasteiger partial charge in [0.1, 0.15) is 12.7 Å². The Labute approximate surface area is 139 Å². The van der Waals surface area contributed by atoms with E-state index in [0.717, 1.165) is 5.56 Å². The average Bonchev–Trinajstić information content (AvgIpc) is 3.04. The molecule has 3 rings (SSSR count). The highest BCUT2D eigenvalue weighted by atomic mass is 35.5. The molecule has 0 spiro atoms. The number of amides is 1. The summed E-state index contributed by atoms with van der Waals surface area (Å²) in [5, 5.41) is 0.454. The molecule has 2 aromatic rings. The number of benzene rings is 1. The van der Waals surface area contributed by atoms with Gasteiger partial charge in [-0.15, -0.1) is 0 Å². The first-order chi connectivity index (χ1) is 11.2. The van der Waals surface area contributed by atoms with Crippen molar-refractivity contribution in [1.29, 1.82) is 0 Å². The Balaban J connectivity index is 1.47. The zero-order valence-electron chi connectivity index (χ0n) is 12.4. The van der Waals surface area contributed by atoms with Crippen molar-refractivity contribution in [3.05, 3.63) is 53.3 Å². The minimum absolute atomic E-state index is 0.138. The Bertz CT molecular complexity index is 651. The fourth-order valence-corrected chi connectivity index (χ4v) is 2.41. The molecule has 1 atom stereocenters. The van der Waals surface area contributed by atoms with Gasteiger partial charge in [0.2, 0.25) is 0 Å². The molecule has 0 aliphatic carbocycles. The van der Waals surface area contributed by atoms with E-state index in [4.69, 9.17) is 21.1 Å². The summed E-state index contributed by atoms with van der Waals surface area (Å²) in [6, 6.07) is 9.84. The molecule has 120 valence electrons. The van der Waals surface area contributed by atoms with Crippen LogP contribution >= 0.6 is 11.6 Å². The highest BCUT2D eigenvalue weighted by molar-refractivity contribution is 6.30. The van der Waals surface area contributed by atoms with Gasteiger partial charge in [-0.25, -0.2) is 14.8 Å². The van der Waals surface area contributed by atoms with Gasteiger partial charge in [0, 0.05) is 13.0 Å². The summed E-state index contributed by atoms with van der Waals surface area (Å²) in [7, 11) is 0. The summed E-state index contributed by atoms with van der Waals surface area (Å²) in [5.41, 5.74) is 0.961. The molecule has 6 nitrogen and oxygen atoms in total. The number of aromatic nitrogens is 2. The van der Waals surface area contributed by atoms with Crippen LogP contribution < -0.4 is 4.74 Å². The number of ether oxygens (including phenoxy) is 2. The number of carbonyl (C=O) groups is 1. The predicted molar refractivity (Wildman–Crippen MR) is 84.3 cm³/mol. The summed E-state index contributed by atoms with van der Waals surface area (Å²) in [6.45, 7) is 1.31. The Morgan fingerprint density at radius 3 is 2.74 bits per heavy atom. The minimum Gasteiger partial charge on any atom is -0.458 e. The van der Waals surface area contributed by atoms with Crippen LogP contribution in [0.15, 0.2) is 42.7 Å². The number of hydrogen-bond acceptors (Lipinski definition) is 5. The van der Waals surface area contributed by atoms with Crippen LogP contribution in [0, 0.1) is 0 Å². The molecule has 0 N–H and O–H groups in total. The molecule has 1 aliphatic rings. The lowest BCUT2D eigenvalue weighted by molar-refractivity contribution is 0.0983. The third-order valence-electron chi connectivity index (χ3n) is 3.48. The van der Waals surface area contributed by atoms with Gasteiger partial charge in [-0.05, 0) is 5.56 Å². The Kier molecular flexibility index (Phi) is 4.92. The highest BCUT2D eigenvalue weighted by Crippen LogP contribution is 2.17. The molecule has 1 amide bonds. The third-order valence-corrected chi connectivity index (χ3v) is 3.67. The molecular weight excluding hydrogens is 318 g/mol. The van der Waals surface area contributed by atoms with Gasteiger partial charge >= 0.3 is 12.1 Å². The molecule has 0 unspecified atom stereocenters. The van der Waals surface area contributed by atoms with Crippen molar-refractivity contribution in [1.82, 2.24) is 14.9 Å². The number of rotatable bonds is 4. The number of carbonyl (C=O) groups excluding carboxylic acids is 1. The molecule has 0 bridgehead atoms. The summed E-state index contributed by atoms with van der Waals surface area (Å²) in [5.74, 6) is 0. The first-order valence-electron chi connectivity index (χ1n) is 7.30. The van der Waals surface area contributed by atoms with E-state index < -0.39 is 0 Å². The molecule has 2 heterocycles. The summed E-state index contributed by atoms with van der Waals surface area (Å²) >= 11 is 5.73. The van der Waals surface area contributed by atoms with E-state index in [2.05, 4.69) is 9.97 Å². The van der Waals surface area contributed by atoms with Gasteiger partial charge < -0.3 is 14.4 Å². The van der Waals surface area contributed by atoms with Crippen LogP contribution in [0.5, 0.6) is 6.01 Å². The van der Waals surface area contributed by atoms with Crippen molar-refractivity contribution in [2.45, 2.75) is 19.1 Å². The monoisotopic (exact) mass is 333 g/mol. The first kappa shape index (κ1) is 15.6. The molecule has 0 radical (unpaired) electrons. The molecule has 1 saturated heterocycles. The molecule has 7 heteroatoms. The zero-order valence-corrected chi connectivity index (χ0v) is 13.1. The van der Waals surface area contributed by atoms with Crippen LogP contribution in [-0.4, -0.2) is 40.2 Å². The minimum atomic E-state index is -0.336. The van der Waals surface area contributed by atoms with E-state index >= 15 is 0 Å². The number of hydrogen-bond donors (Lipinski definition) is 0. The van der Waals surface area contributed by atoms with Gasteiger partial charge in [0.15, 0.2) is 0 Å². The molecule has 1 aromatic carbocycles. The van der Waals surface area contributed by atoms with Crippen LogP contribution in [0.25, 0.3) is 0 Å². The molecule has 1 aromatic heterocycles. The normalized spacial score (nSPS) is 17.1. The lowest BCUT2D eigenvalue weighted by Gasteiger charge is -2.16. The van der Waals surface area contributed by atoms with E-state index in [-0.39, 0.29) is 24.8 Å². The van der Waals surface area contributed by atoms with Gasteiger partial charge in [-0.1, -0.05) is 41.9 Å². The molecular formula is C16H16ClN3O3. The second-order valence-corrected chi connectivity index (χ2v) is 5.64. The standard InChI is InChI=1S/C16H16ClN3O3/c17-13-8-18-15(19-9-13)23-14-6-7-20(10-14)16(21)22-11-12-4-2-1-3-5-12/h1-5,8-9,14H,6-7,10-11H2/t14-/m0/s1. The van der Waals surface area contributed by atoms with E-state index in [0.29, 0.717) is 24.5 Å². The van der Waals surface area contributed by atoms with Crippen LogP contribution in [0.1, 0.15) is 12.0 Å². The number of likely N-dealkylation sites (tertiary alicyclic amines) is 1. The third kappa shape index (κ3) is 4.32. The van der Waals surface area contributed by atoms with Crippen molar-refractivity contribution in [3.63, 3.8) is 0 Å². The van der Waals surface area contributed by atoms with Crippen molar-refractivity contribution in [3.8, 4) is 6.01 Å². The molecule has 1 fully saturated rings. The lowest BCUT2D eigenvalue weighted by Crippen LogP contribution is -2.31. The van der Waals surface area contributed by atoms with Gasteiger partial charge in [0.05, 0.1) is 24.0 Å². The maximum atomic E-state index is 12.1. The Morgan fingerprint density at radius 2 is 2.00 bits per heavy atom. The smallest absolute Gasteiger partial charge is 0.410 e. The second kappa shape index (κ2) is 7.28. The predicted octanol–water partition coefficient (Wildman–Crippen LogP) is 2.92. The zero-order chi connectivity index (χ0) is 16.1. The summed E-state index contributed by atoms with van der Waals surface area (Å²) in [6.07, 6.45) is 3.19. The second-order valence-electron chi connectivity index (χ2n) is 5.20. The van der Waals surface area contributed by atoms with E-state index in [1.165, 1.54) is 12.4 Å². The Morgan fingerprint density at radius 1 is 1.26 bits per heavy atom. The van der Waals surface area contributed by atoms with Crippen LogP contribution in [0.4, 0.5) is 4.79 Å². The fraction of sp³-hybridized carbons (Fsp3) is 0.312. The van der Waals surface area contributed by atoms with Crippen LogP contribution in [-0.2, 0) is 11.3 Å². The highest BCUT2D eigenvalue weighted by Gasteiger charge is 2.29. The van der Waals surface area contributed by atoms with E-state index in [1.807, 2.05) is 30.3 Å². The van der Waals surface area contributed by atoms with Gasteiger partial charge in [-0.3, -0.25) is 0 Å². The summed E-state index contributed by atoms with van der Waals surface area (Å²) < 4.78 is 11.0. The average molecular weight is 334 g/mol. The largest absolute Gasteiger partial charge is 0.458 e. The van der Waals surface area contributed by atoms with Crippen molar-refractivity contribution in [2.24, 2.45) is 0 Å². The lowest BCUT2D eigenvalue weighted by atomic mass is 10.2. The number of halogens is 1. The molecule has 0 saturated carbocycles. The topological polar surface area (TPSA) is 64.5 Å². The van der Waals surface area contributed by atoms with Gasteiger partial charge in [0.25, 0.3) is 0 Å². The SMILES string of the molecule is O=C(OCc1ccccc1)N1CC[C@H](Oc2ncc(Cl)cn2)C1. The maximum absolute atomic E-state index is 12.1. The Hall–Kier alpha value is -2.34. The van der Waals surface area contributed by atoms with E-state index in [1.54, 1.807) is 4.90 Å². The molecule has 23 heavy (non-hydrogen) atoms. The quantitative estimate of drug-likeness (QED) is 0.860. The first-order valence-corrected chi connectivity index (χ1v) is 7.68. The number of nitrogens with zero attached hydrogens (tertiary/aromatic N) is 3. The van der Waals surface area contributed by atoms with Crippen molar-refractivity contribution in [2.75, 3.05) is 13.1 Å². The van der Waals surface area contributed by atoms with Crippen LogP contribution in [0.3, 0.4) is 0 Å². The summed E-state index contributed by atoms with van der Waals surface area (Å²) in [4.78, 5) is 21.7. The van der Waals surface area contributed by atoms with Crippen molar-refractivity contribution >= 4 is 17.7 Å². The van der Waals surface area contributed by atoms with E-state index in [9.17, 15) is 4.79 Å². The molecule has 1 aliphatic heterocycles. The van der Waals surface area contributed by atoms with Crippen molar-refractivity contribution < 1.29 is 14.3 Å². The fourth-order valence-electron chi connectivity index (χ4n) is 2.31. The maximum Gasteiger partial charge on any atom is 0.410 e. The van der Waals surface area contributed by atoms with Crippen LogP contribution in [0.2, 0.25) is 5.02 Å².